The quantitative estimate of drug-likeness (QED) is 0.603. The van der Waals surface area contributed by atoms with Gasteiger partial charge in [-0.3, -0.25) is 0 Å². The Balaban J connectivity index is 1.60. The fourth-order valence-electron chi connectivity index (χ4n) is 3.15. The second-order valence-electron chi connectivity index (χ2n) is 6.95. The molecule has 14 heteroatoms. The van der Waals surface area contributed by atoms with Gasteiger partial charge in [0.1, 0.15) is 17.8 Å². The number of aromatic nitrogens is 5. The van der Waals surface area contributed by atoms with Crippen LogP contribution in [0.25, 0.3) is 17.0 Å². The Labute approximate surface area is 175 Å². The van der Waals surface area contributed by atoms with Crippen molar-refractivity contribution in [3.8, 4) is 11.4 Å². The summed E-state index contributed by atoms with van der Waals surface area (Å²) in [6.07, 6.45) is -1.20. The molecule has 31 heavy (non-hydrogen) atoms. The summed E-state index contributed by atoms with van der Waals surface area (Å²) in [4.78, 5) is 14.4. The molecule has 3 aromatic rings. The highest BCUT2D eigenvalue weighted by Gasteiger charge is 2.33. The van der Waals surface area contributed by atoms with Crippen molar-refractivity contribution in [3.05, 3.63) is 36.4 Å². The molecule has 10 nitrogen and oxygen atoms in total. The van der Waals surface area contributed by atoms with E-state index in [1.807, 2.05) is 4.90 Å². The summed E-state index contributed by atoms with van der Waals surface area (Å²) in [5.41, 5.74) is -0.153. The monoisotopic (exact) mass is 457 g/mol. The van der Waals surface area contributed by atoms with E-state index in [0.717, 1.165) is 16.8 Å². The van der Waals surface area contributed by atoms with Gasteiger partial charge < -0.3 is 9.64 Å². The average molecular weight is 457 g/mol. The highest BCUT2D eigenvalue weighted by atomic mass is 32.2. The van der Waals surface area contributed by atoms with Crippen molar-refractivity contribution in [2.24, 2.45) is 0 Å². The van der Waals surface area contributed by atoms with E-state index in [9.17, 15) is 21.6 Å². The van der Waals surface area contributed by atoms with E-state index in [1.54, 1.807) is 6.07 Å². The van der Waals surface area contributed by atoms with Gasteiger partial charge in [-0.25, -0.2) is 32.6 Å². The van der Waals surface area contributed by atoms with Gasteiger partial charge in [0.25, 0.3) is 0 Å². The lowest BCUT2D eigenvalue weighted by Crippen LogP contribution is -2.47. The van der Waals surface area contributed by atoms with E-state index in [4.69, 9.17) is 4.74 Å². The van der Waals surface area contributed by atoms with Crippen LogP contribution in [0.15, 0.2) is 30.7 Å². The maximum Gasteiger partial charge on any atom is 0.435 e. The molecule has 4 rings (SSSR count). The molecular weight excluding hydrogens is 439 g/mol. The molecule has 1 saturated heterocycles. The van der Waals surface area contributed by atoms with Crippen LogP contribution in [-0.4, -0.2) is 71.6 Å². The van der Waals surface area contributed by atoms with Gasteiger partial charge in [-0.05, 0) is 12.1 Å². The summed E-state index contributed by atoms with van der Waals surface area (Å²) in [7, 11) is -3.35. The highest BCUT2D eigenvalue weighted by molar-refractivity contribution is 7.88. The van der Waals surface area contributed by atoms with E-state index >= 15 is 0 Å². The summed E-state index contributed by atoms with van der Waals surface area (Å²) in [5, 5.41) is 3.65. The zero-order chi connectivity index (χ0) is 22.2. The number of halogens is 3. The molecule has 0 aromatic carbocycles. The number of hydrogen-bond acceptors (Lipinski definition) is 8. The van der Waals surface area contributed by atoms with Crippen molar-refractivity contribution in [2.75, 3.05) is 37.4 Å². The van der Waals surface area contributed by atoms with Crippen LogP contribution in [-0.2, 0) is 20.9 Å². The highest BCUT2D eigenvalue weighted by Crippen LogP contribution is 2.29. The Kier molecular flexibility index (Phi) is 5.53. The number of nitrogens with zero attached hydrogens (tertiary/aromatic N) is 6. The molecule has 1 N–H and O–H groups in total. The van der Waals surface area contributed by atoms with Crippen molar-refractivity contribution in [1.29, 1.82) is 0 Å². The standard InChI is InChI=1S/C17H18F3N7O3S/c1-31(28,29)24-7-11-9-26(4-5-30-11)16-6-12(22-10-23-16)13-8-21-15-3-2-14(17(18,19)20)25-27(13)15/h2-3,6,8,10-11,24H,4-5,7,9H2,1H3/t11-/m1/s1. The average Bonchev–Trinajstić information content (AvgIpc) is 3.15. The molecule has 0 radical (unpaired) electrons. The first kappa shape index (κ1) is 21.4. The van der Waals surface area contributed by atoms with Crippen molar-refractivity contribution >= 4 is 21.5 Å². The Bertz CT molecular complexity index is 1200. The summed E-state index contributed by atoms with van der Waals surface area (Å²) < 4.78 is 70.9. The Morgan fingerprint density at radius 2 is 2.06 bits per heavy atom. The molecule has 0 aliphatic carbocycles. The summed E-state index contributed by atoms with van der Waals surface area (Å²) >= 11 is 0. The topological polar surface area (TPSA) is 115 Å². The number of imidazole rings is 1. The van der Waals surface area contributed by atoms with Crippen LogP contribution in [0.4, 0.5) is 19.0 Å². The molecular formula is C17H18F3N7O3S. The van der Waals surface area contributed by atoms with Crippen molar-refractivity contribution in [2.45, 2.75) is 12.3 Å². The van der Waals surface area contributed by atoms with E-state index in [0.29, 0.717) is 31.2 Å². The maximum absolute atomic E-state index is 13.1. The lowest BCUT2D eigenvalue weighted by atomic mass is 10.2. The third-order valence-electron chi connectivity index (χ3n) is 4.60. The van der Waals surface area contributed by atoms with Crippen LogP contribution in [0.5, 0.6) is 0 Å². The molecule has 166 valence electrons. The fraction of sp³-hybridized carbons (Fsp3) is 0.412. The van der Waals surface area contributed by atoms with Gasteiger partial charge in [0.05, 0.1) is 30.9 Å². The van der Waals surface area contributed by atoms with Gasteiger partial charge in [0, 0.05) is 25.7 Å². The van der Waals surface area contributed by atoms with Crippen molar-refractivity contribution in [3.63, 3.8) is 0 Å². The third kappa shape index (κ3) is 4.91. The molecule has 3 aromatic heterocycles. The van der Waals surface area contributed by atoms with Crippen LogP contribution < -0.4 is 9.62 Å². The van der Waals surface area contributed by atoms with Crippen LogP contribution in [0.3, 0.4) is 0 Å². The fourth-order valence-corrected chi connectivity index (χ4v) is 3.64. The van der Waals surface area contributed by atoms with Gasteiger partial charge >= 0.3 is 6.18 Å². The normalized spacial score (nSPS) is 17.9. The van der Waals surface area contributed by atoms with Crippen LogP contribution in [0, 0.1) is 0 Å². The van der Waals surface area contributed by atoms with Gasteiger partial charge in [-0.1, -0.05) is 0 Å². The molecule has 0 bridgehead atoms. The van der Waals surface area contributed by atoms with E-state index in [2.05, 4.69) is 24.8 Å². The van der Waals surface area contributed by atoms with Gasteiger partial charge in [-0.2, -0.15) is 18.3 Å². The molecule has 0 amide bonds. The molecule has 4 heterocycles. The third-order valence-corrected chi connectivity index (χ3v) is 5.29. The molecule has 1 aliphatic heterocycles. The van der Waals surface area contributed by atoms with Gasteiger partial charge in [0.15, 0.2) is 11.3 Å². The number of nitrogens with one attached hydrogen (secondary N) is 1. The van der Waals surface area contributed by atoms with Crippen molar-refractivity contribution < 1.29 is 26.3 Å². The SMILES string of the molecule is CS(=O)(=O)NC[C@@H]1CN(c2cc(-c3cnc4ccc(C(F)(F)F)nn34)ncn2)CCO1. The summed E-state index contributed by atoms with van der Waals surface area (Å²) in [5.74, 6) is 0.527. The Hall–Kier alpha value is -2.84. The second kappa shape index (κ2) is 8.01. The molecule has 0 unspecified atom stereocenters. The lowest BCUT2D eigenvalue weighted by Gasteiger charge is -2.33. The number of sulfonamides is 1. The zero-order valence-electron chi connectivity index (χ0n) is 16.2. The van der Waals surface area contributed by atoms with Crippen molar-refractivity contribution in [1.82, 2.24) is 29.3 Å². The number of alkyl halides is 3. The van der Waals surface area contributed by atoms with Crippen LogP contribution >= 0.6 is 0 Å². The first-order valence-corrected chi connectivity index (χ1v) is 11.0. The number of anilines is 1. The minimum Gasteiger partial charge on any atom is -0.373 e. The molecule has 1 atom stereocenters. The number of hydrogen-bond donors (Lipinski definition) is 1. The van der Waals surface area contributed by atoms with Gasteiger partial charge in [0.2, 0.25) is 10.0 Å². The minimum atomic E-state index is -4.59. The molecule has 1 aliphatic rings. The summed E-state index contributed by atoms with van der Waals surface area (Å²) in [6.45, 7) is 1.37. The number of ether oxygens (including phenoxy) is 1. The minimum absolute atomic E-state index is 0.116. The molecule has 0 saturated carbocycles. The largest absolute Gasteiger partial charge is 0.435 e. The molecule has 0 spiro atoms. The zero-order valence-corrected chi connectivity index (χ0v) is 17.1. The predicted octanol–water partition coefficient (Wildman–Crippen LogP) is 0.960. The van der Waals surface area contributed by atoms with Crippen LogP contribution in [0.2, 0.25) is 0 Å². The van der Waals surface area contributed by atoms with E-state index < -0.39 is 21.9 Å². The van der Waals surface area contributed by atoms with E-state index in [1.165, 1.54) is 18.6 Å². The lowest BCUT2D eigenvalue weighted by molar-refractivity contribution is -0.141. The van der Waals surface area contributed by atoms with Crippen LogP contribution in [0.1, 0.15) is 5.69 Å². The predicted molar refractivity (Wildman–Crippen MR) is 104 cm³/mol. The maximum atomic E-state index is 13.1. The molecule has 1 fully saturated rings. The smallest absolute Gasteiger partial charge is 0.373 e. The van der Waals surface area contributed by atoms with E-state index in [-0.39, 0.29) is 24.0 Å². The Morgan fingerprint density at radius 1 is 1.26 bits per heavy atom. The van der Waals surface area contributed by atoms with Gasteiger partial charge in [-0.15, -0.1) is 0 Å². The first-order chi connectivity index (χ1) is 14.6. The number of rotatable bonds is 5. The number of morpholine rings is 1. The Morgan fingerprint density at radius 3 is 2.81 bits per heavy atom. The number of fused-ring (bicyclic) bond motifs is 1. The first-order valence-electron chi connectivity index (χ1n) is 9.16. The second-order valence-corrected chi connectivity index (χ2v) is 8.78. The summed E-state index contributed by atoms with van der Waals surface area (Å²) in [6, 6.07) is 3.73.